The molecule has 1 aromatic carbocycles. The number of aryl methyl sites for hydroxylation is 1. The maximum Gasteiger partial charge on any atom is 0.0366 e. The van der Waals surface area contributed by atoms with Crippen molar-refractivity contribution in [2.45, 2.75) is 72.6 Å². The number of piperidine rings is 1. The van der Waals surface area contributed by atoms with Gasteiger partial charge in [0.25, 0.3) is 0 Å². The van der Waals surface area contributed by atoms with Crippen LogP contribution in [0.1, 0.15) is 71.8 Å². The van der Waals surface area contributed by atoms with E-state index in [2.05, 4.69) is 43.0 Å². The number of nitrogens with zero attached hydrogens (tertiary/aromatic N) is 1. The number of hydrogen-bond donors (Lipinski definition) is 0. The van der Waals surface area contributed by atoms with Crippen LogP contribution < -0.4 is 4.90 Å². The van der Waals surface area contributed by atoms with Gasteiger partial charge in [-0.1, -0.05) is 65.5 Å². The van der Waals surface area contributed by atoms with Gasteiger partial charge in [0.05, 0.1) is 0 Å². The first-order chi connectivity index (χ1) is 10.3. The van der Waals surface area contributed by atoms with Crippen LogP contribution in [0.25, 0.3) is 0 Å². The first-order valence-electron chi connectivity index (χ1n) is 9.17. The SMILES string of the molecule is CC.CCCCCC1CCN(c2ccc(CC)cc2)CC1. The molecule has 1 saturated heterocycles. The smallest absolute Gasteiger partial charge is 0.0366 e. The fraction of sp³-hybridized carbons (Fsp3) is 0.700. The molecule has 1 fully saturated rings. The van der Waals surface area contributed by atoms with Gasteiger partial charge in [-0.2, -0.15) is 0 Å². The molecule has 0 aliphatic carbocycles. The average Bonchev–Trinajstić information content (AvgIpc) is 2.58. The van der Waals surface area contributed by atoms with Crippen molar-refractivity contribution in [1.82, 2.24) is 0 Å². The summed E-state index contributed by atoms with van der Waals surface area (Å²) in [7, 11) is 0. The van der Waals surface area contributed by atoms with Crippen molar-refractivity contribution in [3.05, 3.63) is 29.8 Å². The predicted molar refractivity (Wildman–Crippen MR) is 96.2 cm³/mol. The van der Waals surface area contributed by atoms with E-state index in [4.69, 9.17) is 0 Å². The van der Waals surface area contributed by atoms with E-state index in [0.717, 1.165) is 12.3 Å². The Balaban J connectivity index is 0.00000106. The Morgan fingerprint density at radius 2 is 1.57 bits per heavy atom. The predicted octanol–water partition coefficient (Wildman–Crippen LogP) is 6.07. The first-order valence-corrected chi connectivity index (χ1v) is 9.17. The molecule has 0 radical (unpaired) electrons. The highest BCUT2D eigenvalue weighted by Crippen LogP contribution is 2.26. The van der Waals surface area contributed by atoms with E-state index in [1.165, 1.54) is 62.9 Å². The van der Waals surface area contributed by atoms with Crippen LogP contribution in [-0.2, 0) is 6.42 Å². The van der Waals surface area contributed by atoms with Gasteiger partial charge >= 0.3 is 0 Å². The van der Waals surface area contributed by atoms with Crippen molar-refractivity contribution in [2.24, 2.45) is 5.92 Å². The van der Waals surface area contributed by atoms with Crippen LogP contribution in [0.5, 0.6) is 0 Å². The Morgan fingerprint density at radius 3 is 2.10 bits per heavy atom. The average molecular weight is 290 g/mol. The van der Waals surface area contributed by atoms with E-state index >= 15 is 0 Å². The summed E-state index contributed by atoms with van der Waals surface area (Å²) >= 11 is 0. The molecule has 1 aliphatic heterocycles. The lowest BCUT2D eigenvalue weighted by Crippen LogP contribution is -2.33. The molecule has 0 N–H and O–H groups in total. The van der Waals surface area contributed by atoms with E-state index < -0.39 is 0 Å². The summed E-state index contributed by atoms with van der Waals surface area (Å²) in [5.41, 5.74) is 2.86. The highest BCUT2D eigenvalue weighted by atomic mass is 15.1. The van der Waals surface area contributed by atoms with Gasteiger partial charge in [0.15, 0.2) is 0 Å². The van der Waals surface area contributed by atoms with Gasteiger partial charge in [-0.3, -0.25) is 0 Å². The molecule has 0 amide bonds. The fourth-order valence-corrected chi connectivity index (χ4v) is 3.11. The molecule has 0 bridgehead atoms. The zero-order valence-corrected chi connectivity index (χ0v) is 14.7. The molecule has 1 heterocycles. The molecule has 1 aromatic rings. The number of rotatable bonds is 6. The Kier molecular flexibility index (Phi) is 9.21. The molecule has 0 atom stereocenters. The topological polar surface area (TPSA) is 3.24 Å². The minimum Gasteiger partial charge on any atom is -0.372 e. The monoisotopic (exact) mass is 289 g/mol. The Morgan fingerprint density at radius 1 is 0.952 bits per heavy atom. The normalized spacial score (nSPS) is 15.5. The standard InChI is InChI=1S/C18H29N.C2H6/c1-3-5-6-7-17-12-14-19(15-13-17)18-10-8-16(4-2)9-11-18;1-2/h8-11,17H,3-7,12-15H2,1-2H3;1-2H3. The van der Waals surface area contributed by atoms with Gasteiger partial charge in [0.1, 0.15) is 0 Å². The Labute approximate surface area is 132 Å². The highest BCUT2D eigenvalue weighted by Gasteiger charge is 2.18. The maximum absolute atomic E-state index is 2.57. The number of benzene rings is 1. The Bertz CT molecular complexity index is 347. The van der Waals surface area contributed by atoms with Crippen LogP contribution in [0, 0.1) is 5.92 Å². The second-order valence-corrected chi connectivity index (χ2v) is 5.95. The van der Waals surface area contributed by atoms with Crippen molar-refractivity contribution in [1.29, 1.82) is 0 Å². The largest absolute Gasteiger partial charge is 0.372 e. The third kappa shape index (κ3) is 6.11. The summed E-state index contributed by atoms with van der Waals surface area (Å²) in [5, 5.41) is 0. The van der Waals surface area contributed by atoms with Gasteiger partial charge < -0.3 is 4.90 Å². The van der Waals surface area contributed by atoms with Crippen molar-refractivity contribution in [3.8, 4) is 0 Å². The second-order valence-electron chi connectivity index (χ2n) is 5.95. The summed E-state index contributed by atoms with van der Waals surface area (Å²) in [6.07, 6.45) is 9.57. The summed E-state index contributed by atoms with van der Waals surface area (Å²) in [5.74, 6) is 0.984. The zero-order chi connectivity index (χ0) is 15.5. The third-order valence-corrected chi connectivity index (χ3v) is 4.54. The highest BCUT2D eigenvalue weighted by molar-refractivity contribution is 5.47. The molecule has 1 nitrogen and oxygen atoms in total. The zero-order valence-electron chi connectivity index (χ0n) is 14.7. The van der Waals surface area contributed by atoms with Gasteiger partial charge in [-0.25, -0.2) is 0 Å². The molecular weight excluding hydrogens is 254 g/mol. The van der Waals surface area contributed by atoms with Gasteiger partial charge in [-0.15, -0.1) is 0 Å². The number of anilines is 1. The molecule has 2 rings (SSSR count). The Hall–Kier alpha value is -0.980. The van der Waals surface area contributed by atoms with Crippen molar-refractivity contribution in [2.75, 3.05) is 18.0 Å². The first kappa shape index (κ1) is 18.1. The molecular formula is C20H35N. The summed E-state index contributed by atoms with van der Waals surface area (Å²) < 4.78 is 0. The van der Waals surface area contributed by atoms with E-state index in [1.54, 1.807) is 0 Å². The van der Waals surface area contributed by atoms with E-state index in [1.807, 2.05) is 13.8 Å². The third-order valence-electron chi connectivity index (χ3n) is 4.54. The lowest BCUT2D eigenvalue weighted by molar-refractivity contribution is 0.368. The summed E-state index contributed by atoms with van der Waals surface area (Å²) in [6, 6.07) is 9.16. The summed E-state index contributed by atoms with van der Waals surface area (Å²) in [4.78, 5) is 2.57. The van der Waals surface area contributed by atoms with Crippen molar-refractivity contribution < 1.29 is 0 Å². The van der Waals surface area contributed by atoms with Crippen LogP contribution in [0.3, 0.4) is 0 Å². The molecule has 1 heteroatoms. The molecule has 0 aromatic heterocycles. The van der Waals surface area contributed by atoms with Crippen molar-refractivity contribution in [3.63, 3.8) is 0 Å². The maximum atomic E-state index is 2.57. The van der Waals surface area contributed by atoms with Crippen LogP contribution in [-0.4, -0.2) is 13.1 Å². The molecule has 21 heavy (non-hydrogen) atoms. The molecule has 120 valence electrons. The van der Waals surface area contributed by atoms with Crippen molar-refractivity contribution >= 4 is 5.69 Å². The lowest BCUT2D eigenvalue weighted by Gasteiger charge is -2.33. The van der Waals surface area contributed by atoms with Gasteiger partial charge in [0, 0.05) is 18.8 Å². The summed E-state index contributed by atoms with van der Waals surface area (Å²) in [6.45, 7) is 11.0. The van der Waals surface area contributed by atoms with Crippen LogP contribution in [0.4, 0.5) is 5.69 Å². The molecule has 0 saturated carbocycles. The fourth-order valence-electron chi connectivity index (χ4n) is 3.11. The molecule has 0 spiro atoms. The van der Waals surface area contributed by atoms with Gasteiger partial charge in [0.2, 0.25) is 0 Å². The minimum atomic E-state index is 0.984. The van der Waals surface area contributed by atoms with E-state index in [9.17, 15) is 0 Å². The van der Waals surface area contributed by atoms with Crippen LogP contribution >= 0.6 is 0 Å². The van der Waals surface area contributed by atoms with Crippen LogP contribution in [0.15, 0.2) is 24.3 Å². The van der Waals surface area contributed by atoms with E-state index in [-0.39, 0.29) is 0 Å². The van der Waals surface area contributed by atoms with E-state index in [0.29, 0.717) is 0 Å². The molecule has 1 aliphatic rings. The van der Waals surface area contributed by atoms with Gasteiger partial charge in [-0.05, 0) is 42.9 Å². The van der Waals surface area contributed by atoms with Crippen LogP contribution in [0.2, 0.25) is 0 Å². The molecule has 0 unspecified atom stereocenters. The lowest BCUT2D eigenvalue weighted by atomic mass is 9.91. The number of hydrogen-bond acceptors (Lipinski definition) is 1. The number of unbranched alkanes of at least 4 members (excludes halogenated alkanes) is 2. The second kappa shape index (κ2) is 10.7. The quantitative estimate of drug-likeness (QED) is 0.574. The minimum absolute atomic E-state index is 0.984.